The van der Waals surface area contributed by atoms with E-state index in [9.17, 15) is 4.79 Å². The van der Waals surface area contributed by atoms with Crippen molar-refractivity contribution in [1.29, 1.82) is 0 Å². The van der Waals surface area contributed by atoms with Crippen LogP contribution in [-0.2, 0) is 0 Å². The molecular formula is C7H6N4O2. The fraction of sp³-hybridized carbons (Fsp3) is 0. The number of carbonyl (C=O) groups is 1. The Labute approximate surface area is 73.0 Å². The molecule has 2 heterocycles. The van der Waals surface area contributed by atoms with Gasteiger partial charge in [0.25, 0.3) is 0 Å². The first-order valence-corrected chi connectivity index (χ1v) is 3.55. The lowest BCUT2D eigenvalue weighted by molar-refractivity contribution is 0.0683. The van der Waals surface area contributed by atoms with Crippen molar-refractivity contribution in [2.45, 2.75) is 0 Å². The number of hydrogen-bond acceptors (Lipinski definition) is 3. The Balaban J connectivity index is 2.52. The fourth-order valence-corrected chi connectivity index (χ4v) is 1.05. The molecule has 0 aromatic carbocycles. The molecule has 66 valence electrons. The fourth-order valence-electron chi connectivity index (χ4n) is 1.05. The average Bonchev–Trinajstić information content (AvgIpc) is 2.74. The monoisotopic (exact) mass is 178 g/mol. The first kappa shape index (κ1) is 7.53. The lowest BCUT2D eigenvalue weighted by Crippen LogP contribution is -2.13. The molecule has 0 saturated heterocycles. The Morgan fingerprint density at radius 2 is 2.08 bits per heavy atom. The molecule has 2 aromatic heterocycles. The van der Waals surface area contributed by atoms with E-state index in [0.717, 1.165) is 0 Å². The van der Waals surface area contributed by atoms with Crippen molar-refractivity contribution in [3.05, 3.63) is 36.7 Å². The van der Waals surface area contributed by atoms with E-state index >= 15 is 0 Å². The van der Waals surface area contributed by atoms with Gasteiger partial charge in [-0.15, -0.1) is 10.2 Å². The summed E-state index contributed by atoms with van der Waals surface area (Å²) in [7, 11) is 0. The molecule has 0 aliphatic heterocycles. The van der Waals surface area contributed by atoms with Gasteiger partial charge in [-0.1, -0.05) is 0 Å². The van der Waals surface area contributed by atoms with E-state index in [2.05, 4.69) is 10.2 Å². The summed E-state index contributed by atoms with van der Waals surface area (Å²) in [5, 5.41) is 15.9. The second kappa shape index (κ2) is 2.74. The molecule has 2 rings (SSSR count). The smallest absolute Gasteiger partial charge is 0.354 e. The Kier molecular flexibility index (Phi) is 1.59. The van der Waals surface area contributed by atoms with E-state index in [0.29, 0.717) is 0 Å². The van der Waals surface area contributed by atoms with Crippen LogP contribution < -0.4 is 0 Å². The van der Waals surface area contributed by atoms with Crippen LogP contribution in [0.15, 0.2) is 31.0 Å². The van der Waals surface area contributed by atoms with Gasteiger partial charge in [0.1, 0.15) is 18.3 Å². The van der Waals surface area contributed by atoms with Crippen molar-refractivity contribution in [2.75, 3.05) is 0 Å². The van der Waals surface area contributed by atoms with Crippen LogP contribution in [0.4, 0.5) is 0 Å². The van der Waals surface area contributed by atoms with Gasteiger partial charge in [-0.3, -0.25) is 0 Å². The lowest BCUT2D eigenvalue weighted by atomic mass is 10.4. The van der Waals surface area contributed by atoms with Crippen molar-refractivity contribution < 1.29 is 9.90 Å². The largest absolute Gasteiger partial charge is 0.477 e. The molecule has 0 saturated carbocycles. The molecule has 0 spiro atoms. The summed E-state index contributed by atoms with van der Waals surface area (Å²) in [5.74, 6) is -0.987. The van der Waals surface area contributed by atoms with Gasteiger partial charge in [0.05, 0.1) is 0 Å². The topological polar surface area (TPSA) is 72.9 Å². The number of carboxylic acids is 1. The van der Waals surface area contributed by atoms with E-state index in [4.69, 9.17) is 5.11 Å². The number of carboxylic acid groups (broad SMARTS) is 1. The summed E-state index contributed by atoms with van der Waals surface area (Å²) in [6.45, 7) is 0. The minimum atomic E-state index is -0.987. The predicted octanol–water partition coefficient (Wildman–Crippen LogP) is 0.0892. The molecule has 1 N–H and O–H groups in total. The molecule has 0 bridgehead atoms. The highest BCUT2D eigenvalue weighted by Crippen LogP contribution is 2.01. The van der Waals surface area contributed by atoms with Crippen LogP contribution >= 0.6 is 0 Å². The Morgan fingerprint density at radius 3 is 2.69 bits per heavy atom. The van der Waals surface area contributed by atoms with Crippen LogP contribution in [0.5, 0.6) is 0 Å². The highest BCUT2D eigenvalue weighted by molar-refractivity contribution is 5.85. The van der Waals surface area contributed by atoms with Crippen molar-refractivity contribution in [2.24, 2.45) is 0 Å². The maximum absolute atomic E-state index is 10.7. The van der Waals surface area contributed by atoms with Gasteiger partial charge >= 0.3 is 5.97 Å². The van der Waals surface area contributed by atoms with Crippen molar-refractivity contribution in [1.82, 2.24) is 19.5 Å². The van der Waals surface area contributed by atoms with Gasteiger partial charge in [0.2, 0.25) is 0 Å². The zero-order valence-corrected chi connectivity index (χ0v) is 6.53. The highest BCUT2D eigenvalue weighted by Gasteiger charge is 2.08. The van der Waals surface area contributed by atoms with Crippen molar-refractivity contribution in [3.63, 3.8) is 0 Å². The van der Waals surface area contributed by atoms with Gasteiger partial charge in [-0.05, 0) is 12.1 Å². The van der Waals surface area contributed by atoms with E-state index in [1.54, 1.807) is 12.3 Å². The zero-order valence-electron chi connectivity index (χ0n) is 6.53. The lowest BCUT2D eigenvalue weighted by Gasteiger charge is -2.04. The van der Waals surface area contributed by atoms with Crippen LogP contribution in [0.1, 0.15) is 10.5 Å². The molecule has 0 atom stereocenters. The van der Waals surface area contributed by atoms with E-state index in [1.165, 1.54) is 28.1 Å². The van der Waals surface area contributed by atoms with Gasteiger partial charge in [0, 0.05) is 6.20 Å². The third-order valence-electron chi connectivity index (χ3n) is 1.60. The molecule has 6 nitrogen and oxygen atoms in total. The second-order valence-electron chi connectivity index (χ2n) is 2.39. The molecule has 0 unspecified atom stereocenters. The second-order valence-corrected chi connectivity index (χ2v) is 2.39. The van der Waals surface area contributed by atoms with E-state index < -0.39 is 5.97 Å². The number of aromatic nitrogens is 4. The Bertz CT molecular complexity index is 417. The van der Waals surface area contributed by atoms with Gasteiger partial charge in [-0.2, -0.15) is 0 Å². The normalized spacial score (nSPS) is 10.2. The molecule has 13 heavy (non-hydrogen) atoms. The van der Waals surface area contributed by atoms with Crippen LogP contribution in [0.2, 0.25) is 0 Å². The molecule has 2 aromatic rings. The predicted molar refractivity (Wildman–Crippen MR) is 42.2 cm³/mol. The maximum atomic E-state index is 10.7. The average molecular weight is 178 g/mol. The molecule has 0 radical (unpaired) electrons. The Morgan fingerprint density at radius 1 is 1.38 bits per heavy atom. The van der Waals surface area contributed by atoms with Crippen LogP contribution in [0.25, 0.3) is 0 Å². The Hall–Kier alpha value is -2.11. The molecule has 0 fully saturated rings. The van der Waals surface area contributed by atoms with E-state index in [1.807, 2.05) is 0 Å². The molecule has 0 aliphatic rings. The molecule has 6 heteroatoms. The quantitative estimate of drug-likeness (QED) is 0.707. The maximum Gasteiger partial charge on any atom is 0.354 e. The summed E-state index contributed by atoms with van der Waals surface area (Å²) < 4.78 is 2.91. The minimum Gasteiger partial charge on any atom is -0.477 e. The summed E-state index contributed by atoms with van der Waals surface area (Å²) in [6, 6.07) is 3.14. The first-order chi connectivity index (χ1) is 6.29. The summed E-state index contributed by atoms with van der Waals surface area (Å²) in [4.78, 5) is 10.7. The van der Waals surface area contributed by atoms with Gasteiger partial charge in [0.15, 0.2) is 0 Å². The zero-order chi connectivity index (χ0) is 9.26. The van der Waals surface area contributed by atoms with Crippen LogP contribution in [0, 0.1) is 0 Å². The third kappa shape index (κ3) is 1.18. The molecule has 0 aliphatic carbocycles. The SMILES string of the molecule is O=C(O)c1cccn1-n1cnnc1. The first-order valence-electron chi connectivity index (χ1n) is 3.55. The number of aromatic carboxylic acids is 1. The van der Waals surface area contributed by atoms with Gasteiger partial charge < -0.3 is 5.11 Å². The standard InChI is InChI=1S/C7H6N4O2/c12-7(13)6-2-1-3-11(6)10-4-8-9-5-10/h1-5H,(H,12,13). The van der Waals surface area contributed by atoms with E-state index in [-0.39, 0.29) is 5.69 Å². The summed E-state index contributed by atoms with van der Waals surface area (Å²) in [6.07, 6.45) is 4.46. The highest BCUT2D eigenvalue weighted by atomic mass is 16.4. The van der Waals surface area contributed by atoms with Gasteiger partial charge in [-0.25, -0.2) is 14.1 Å². The minimum absolute atomic E-state index is 0.166. The van der Waals surface area contributed by atoms with Crippen LogP contribution in [-0.4, -0.2) is 30.6 Å². The molecular weight excluding hydrogens is 172 g/mol. The number of hydrogen-bond donors (Lipinski definition) is 1. The van der Waals surface area contributed by atoms with Crippen molar-refractivity contribution >= 4 is 5.97 Å². The summed E-state index contributed by atoms with van der Waals surface area (Å²) >= 11 is 0. The van der Waals surface area contributed by atoms with Crippen LogP contribution in [0.3, 0.4) is 0 Å². The molecule has 0 amide bonds. The van der Waals surface area contributed by atoms with Crippen molar-refractivity contribution in [3.8, 4) is 0 Å². The third-order valence-corrected chi connectivity index (χ3v) is 1.60. The number of nitrogens with zero attached hydrogens (tertiary/aromatic N) is 4. The number of rotatable bonds is 2. The summed E-state index contributed by atoms with van der Waals surface area (Å²) in [5.41, 5.74) is 0.166.